The minimum absolute atomic E-state index is 0.0812. The van der Waals surface area contributed by atoms with Crippen molar-refractivity contribution in [1.29, 1.82) is 0 Å². The molecule has 3 N–H and O–H groups in total. The van der Waals surface area contributed by atoms with Crippen molar-refractivity contribution in [3.63, 3.8) is 0 Å². The van der Waals surface area contributed by atoms with Gasteiger partial charge in [0.15, 0.2) is 0 Å². The van der Waals surface area contributed by atoms with E-state index in [1.807, 2.05) is 6.92 Å². The molecule has 1 aliphatic rings. The second-order valence-corrected chi connectivity index (χ2v) is 6.90. The summed E-state index contributed by atoms with van der Waals surface area (Å²) in [5, 5.41) is 9.79. The Morgan fingerprint density at radius 1 is 1.50 bits per heavy atom. The van der Waals surface area contributed by atoms with Crippen LogP contribution in [-0.2, 0) is 4.79 Å². The van der Waals surface area contributed by atoms with Crippen LogP contribution in [0.5, 0.6) is 0 Å². The molecule has 0 spiro atoms. The first kappa shape index (κ1) is 15.4. The molecule has 0 aromatic carbocycles. The molecule has 0 aliphatic carbocycles. The molecule has 1 saturated heterocycles. The monoisotopic (exact) mass is 256 g/mol. The Kier molecular flexibility index (Phi) is 5.17. The third-order valence-electron chi connectivity index (χ3n) is 3.58. The molecule has 1 aliphatic heterocycles. The highest BCUT2D eigenvalue weighted by Crippen LogP contribution is 2.22. The second-order valence-electron chi connectivity index (χ2n) is 6.90. The molecular formula is C14H28N2O2. The van der Waals surface area contributed by atoms with Crippen LogP contribution >= 0.6 is 0 Å². The summed E-state index contributed by atoms with van der Waals surface area (Å²) in [6, 6.07) is -0.0889. The van der Waals surface area contributed by atoms with E-state index < -0.39 is 0 Å². The molecule has 0 aromatic heterocycles. The summed E-state index contributed by atoms with van der Waals surface area (Å²) in [4.78, 5) is 13.8. The van der Waals surface area contributed by atoms with E-state index in [1.165, 1.54) is 0 Å². The zero-order valence-electron chi connectivity index (χ0n) is 12.1. The van der Waals surface area contributed by atoms with Gasteiger partial charge in [-0.15, -0.1) is 0 Å². The molecule has 18 heavy (non-hydrogen) atoms. The molecule has 0 aromatic rings. The van der Waals surface area contributed by atoms with Crippen LogP contribution in [0.15, 0.2) is 0 Å². The summed E-state index contributed by atoms with van der Waals surface area (Å²) in [6.45, 7) is 9.62. The topological polar surface area (TPSA) is 66.6 Å². The van der Waals surface area contributed by atoms with Gasteiger partial charge in [0.25, 0.3) is 0 Å². The number of carbonyl (C=O) groups excluding carboxylic acids is 1. The highest BCUT2D eigenvalue weighted by molar-refractivity contribution is 5.77. The maximum atomic E-state index is 12.1. The summed E-state index contributed by atoms with van der Waals surface area (Å²) in [7, 11) is 0. The first-order chi connectivity index (χ1) is 8.19. The summed E-state index contributed by atoms with van der Waals surface area (Å²) >= 11 is 0. The predicted molar refractivity (Wildman–Crippen MR) is 73.0 cm³/mol. The highest BCUT2D eigenvalue weighted by atomic mass is 16.3. The third-order valence-corrected chi connectivity index (χ3v) is 3.58. The lowest BCUT2D eigenvalue weighted by molar-refractivity contribution is -0.135. The lowest BCUT2D eigenvalue weighted by Crippen LogP contribution is -2.47. The van der Waals surface area contributed by atoms with E-state index in [1.54, 1.807) is 4.90 Å². The van der Waals surface area contributed by atoms with E-state index in [0.717, 1.165) is 19.4 Å². The highest BCUT2D eigenvalue weighted by Gasteiger charge is 2.28. The van der Waals surface area contributed by atoms with E-state index in [4.69, 9.17) is 5.73 Å². The van der Waals surface area contributed by atoms with Crippen LogP contribution in [0.2, 0.25) is 0 Å². The second kappa shape index (κ2) is 6.02. The fraction of sp³-hybridized carbons (Fsp3) is 0.929. The Hall–Kier alpha value is -0.610. The number of aliphatic hydroxyl groups is 1. The minimum atomic E-state index is -0.387. The minimum Gasteiger partial charge on any atom is -0.391 e. The summed E-state index contributed by atoms with van der Waals surface area (Å²) in [5.41, 5.74) is 6.17. The van der Waals surface area contributed by atoms with Gasteiger partial charge < -0.3 is 15.7 Å². The number of β-amino-alcohol motifs (C(OH)–C–C–N with tert-alkyl or cyclic N) is 1. The van der Waals surface area contributed by atoms with Crippen LogP contribution in [-0.4, -0.2) is 41.1 Å². The fourth-order valence-electron chi connectivity index (χ4n) is 2.49. The molecule has 4 heteroatoms. The zero-order valence-corrected chi connectivity index (χ0v) is 12.1. The van der Waals surface area contributed by atoms with Crippen molar-refractivity contribution in [3.05, 3.63) is 0 Å². The molecule has 1 rings (SSSR count). The predicted octanol–water partition coefficient (Wildman–Crippen LogP) is 1.37. The number of hydrogen-bond donors (Lipinski definition) is 2. The van der Waals surface area contributed by atoms with Gasteiger partial charge in [-0.1, -0.05) is 27.7 Å². The Balaban J connectivity index is 2.41. The quantitative estimate of drug-likeness (QED) is 0.801. The molecule has 0 saturated carbocycles. The maximum Gasteiger partial charge on any atom is 0.224 e. The largest absolute Gasteiger partial charge is 0.391 e. The van der Waals surface area contributed by atoms with Gasteiger partial charge in [-0.3, -0.25) is 4.79 Å². The molecule has 4 nitrogen and oxygen atoms in total. The van der Waals surface area contributed by atoms with E-state index in [-0.39, 0.29) is 29.4 Å². The zero-order chi connectivity index (χ0) is 13.9. The van der Waals surface area contributed by atoms with Crippen molar-refractivity contribution < 1.29 is 9.90 Å². The van der Waals surface area contributed by atoms with Gasteiger partial charge in [0.1, 0.15) is 0 Å². The van der Waals surface area contributed by atoms with Crippen molar-refractivity contribution >= 4 is 5.91 Å². The lowest BCUT2D eigenvalue weighted by Gasteiger charge is -2.35. The van der Waals surface area contributed by atoms with Crippen LogP contribution in [0.1, 0.15) is 47.0 Å². The molecule has 1 heterocycles. The summed E-state index contributed by atoms with van der Waals surface area (Å²) in [5.74, 6) is 0.370. The van der Waals surface area contributed by atoms with Crippen molar-refractivity contribution in [2.24, 2.45) is 17.1 Å². The van der Waals surface area contributed by atoms with Crippen molar-refractivity contribution in [2.45, 2.75) is 59.1 Å². The molecule has 0 bridgehead atoms. The van der Waals surface area contributed by atoms with E-state index in [9.17, 15) is 9.90 Å². The smallest absolute Gasteiger partial charge is 0.224 e. The van der Waals surface area contributed by atoms with Crippen molar-refractivity contribution in [2.75, 3.05) is 13.1 Å². The molecule has 1 fully saturated rings. The van der Waals surface area contributed by atoms with Gasteiger partial charge in [-0.25, -0.2) is 0 Å². The van der Waals surface area contributed by atoms with Gasteiger partial charge >= 0.3 is 0 Å². The number of hydrogen-bond acceptors (Lipinski definition) is 3. The Morgan fingerprint density at radius 2 is 2.11 bits per heavy atom. The maximum absolute atomic E-state index is 12.1. The SMILES string of the molecule is CC1CCN(C(=O)CC(N)CC(C)(C)C)CC1O. The summed E-state index contributed by atoms with van der Waals surface area (Å²) in [6.07, 6.45) is 1.72. The average Bonchev–Trinajstić information content (AvgIpc) is 2.18. The van der Waals surface area contributed by atoms with Crippen LogP contribution in [0.4, 0.5) is 0 Å². The number of nitrogens with zero attached hydrogens (tertiary/aromatic N) is 1. The van der Waals surface area contributed by atoms with Gasteiger partial charge in [-0.2, -0.15) is 0 Å². The van der Waals surface area contributed by atoms with E-state index in [2.05, 4.69) is 20.8 Å². The molecule has 106 valence electrons. The number of nitrogens with two attached hydrogens (primary N) is 1. The van der Waals surface area contributed by atoms with Gasteiger partial charge in [0.05, 0.1) is 6.10 Å². The first-order valence-corrected chi connectivity index (χ1v) is 6.90. The van der Waals surface area contributed by atoms with Crippen LogP contribution in [0.25, 0.3) is 0 Å². The Labute approximate surface area is 111 Å². The molecular weight excluding hydrogens is 228 g/mol. The van der Waals surface area contributed by atoms with Crippen molar-refractivity contribution in [1.82, 2.24) is 4.90 Å². The van der Waals surface area contributed by atoms with E-state index >= 15 is 0 Å². The molecule has 3 atom stereocenters. The number of carbonyl (C=O) groups is 1. The number of amides is 1. The standard InChI is InChI=1S/C14H28N2O2/c1-10-5-6-16(9-12(10)17)13(18)7-11(15)8-14(2,3)4/h10-12,17H,5-9,15H2,1-4H3. The Bertz CT molecular complexity index is 286. The number of rotatable bonds is 3. The van der Waals surface area contributed by atoms with Crippen molar-refractivity contribution in [3.8, 4) is 0 Å². The van der Waals surface area contributed by atoms with E-state index in [0.29, 0.717) is 13.0 Å². The van der Waals surface area contributed by atoms with Gasteiger partial charge in [0, 0.05) is 25.6 Å². The molecule has 0 radical (unpaired) electrons. The average molecular weight is 256 g/mol. The first-order valence-electron chi connectivity index (χ1n) is 6.90. The Morgan fingerprint density at radius 3 is 2.61 bits per heavy atom. The lowest BCUT2D eigenvalue weighted by atomic mass is 9.87. The number of likely N-dealkylation sites (tertiary alicyclic amines) is 1. The van der Waals surface area contributed by atoms with Crippen LogP contribution < -0.4 is 5.73 Å². The number of aliphatic hydroxyl groups excluding tert-OH is 1. The summed E-state index contributed by atoms with van der Waals surface area (Å²) < 4.78 is 0. The molecule has 1 amide bonds. The van der Waals surface area contributed by atoms with Gasteiger partial charge in [-0.05, 0) is 24.2 Å². The molecule has 3 unspecified atom stereocenters. The van der Waals surface area contributed by atoms with Crippen LogP contribution in [0.3, 0.4) is 0 Å². The third kappa shape index (κ3) is 4.94. The normalized spacial score (nSPS) is 27.1. The number of piperidine rings is 1. The fourth-order valence-corrected chi connectivity index (χ4v) is 2.49. The van der Waals surface area contributed by atoms with Gasteiger partial charge in [0.2, 0.25) is 5.91 Å². The van der Waals surface area contributed by atoms with Crippen LogP contribution in [0, 0.1) is 11.3 Å².